The summed E-state index contributed by atoms with van der Waals surface area (Å²) >= 11 is 0. The highest BCUT2D eigenvalue weighted by Crippen LogP contribution is 2.24. The van der Waals surface area contributed by atoms with E-state index in [4.69, 9.17) is 4.74 Å². The van der Waals surface area contributed by atoms with Crippen LogP contribution in [0.4, 0.5) is 0 Å². The number of benzene rings is 1. The largest absolute Gasteiger partial charge is 0.491 e. The molecule has 2 rings (SSSR count). The molecular formula is C14H20N4O. The smallest absolute Gasteiger partial charge is 0.159 e. The molecule has 1 aromatic heterocycles. The Morgan fingerprint density at radius 2 is 1.89 bits per heavy atom. The van der Waals surface area contributed by atoms with Gasteiger partial charge < -0.3 is 4.74 Å². The van der Waals surface area contributed by atoms with Crippen LogP contribution in [0.25, 0.3) is 5.69 Å². The van der Waals surface area contributed by atoms with Gasteiger partial charge in [0, 0.05) is 5.92 Å². The van der Waals surface area contributed by atoms with Gasteiger partial charge in [0.05, 0.1) is 6.61 Å². The minimum atomic E-state index is 0.258. The summed E-state index contributed by atoms with van der Waals surface area (Å²) in [5.74, 6) is 2.38. The first-order valence-corrected chi connectivity index (χ1v) is 6.60. The van der Waals surface area contributed by atoms with Crippen molar-refractivity contribution in [2.45, 2.75) is 33.6 Å². The van der Waals surface area contributed by atoms with E-state index in [0.29, 0.717) is 12.5 Å². The molecule has 0 fully saturated rings. The van der Waals surface area contributed by atoms with Gasteiger partial charge in [-0.05, 0) is 28.5 Å². The zero-order valence-corrected chi connectivity index (χ0v) is 11.9. The maximum Gasteiger partial charge on any atom is 0.159 e. The lowest BCUT2D eigenvalue weighted by molar-refractivity contribution is 0.270. The number of ether oxygens (including phenoxy) is 1. The molecule has 0 aliphatic carbocycles. The van der Waals surface area contributed by atoms with Gasteiger partial charge in [-0.3, -0.25) is 0 Å². The van der Waals surface area contributed by atoms with Crippen molar-refractivity contribution >= 4 is 0 Å². The summed E-state index contributed by atoms with van der Waals surface area (Å²) in [6, 6.07) is 7.84. The second kappa shape index (κ2) is 5.82. The maximum absolute atomic E-state index is 5.84. The van der Waals surface area contributed by atoms with E-state index in [1.165, 1.54) is 0 Å². The van der Waals surface area contributed by atoms with Crippen LogP contribution in [0.5, 0.6) is 5.75 Å². The van der Waals surface area contributed by atoms with Crippen molar-refractivity contribution < 1.29 is 4.74 Å². The molecule has 1 heterocycles. The van der Waals surface area contributed by atoms with Gasteiger partial charge in [-0.2, -0.15) is 4.68 Å². The average Bonchev–Trinajstić information content (AvgIpc) is 2.85. The van der Waals surface area contributed by atoms with Gasteiger partial charge in [0.2, 0.25) is 0 Å². The number of tetrazole rings is 1. The Hall–Kier alpha value is -1.91. The van der Waals surface area contributed by atoms with Gasteiger partial charge in [0.1, 0.15) is 11.4 Å². The van der Waals surface area contributed by atoms with E-state index in [9.17, 15) is 0 Å². The number of hydrogen-bond acceptors (Lipinski definition) is 4. The lowest BCUT2D eigenvalue weighted by atomic mass is 10.2. The molecule has 0 atom stereocenters. The molecule has 0 spiro atoms. The van der Waals surface area contributed by atoms with Crippen LogP contribution in [0.3, 0.4) is 0 Å². The summed E-state index contributed by atoms with van der Waals surface area (Å²) in [4.78, 5) is 0. The summed E-state index contributed by atoms with van der Waals surface area (Å²) in [5.41, 5.74) is 0.886. The Morgan fingerprint density at radius 1 is 1.16 bits per heavy atom. The molecule has 0 saturated heterocycles. The zero-order chi connectivity index (χ0) is 13.8. The van der Waals surface area contributed by atoms with E-state index >= 15 is 0 Å². The van der Waals surface area contributed by atoms with Gasteiger partial charge in [0.25, 0.3) is 0 Å². The first-order chi connectivity index (χ1) is 9.09. The van der Waals surface area contributed by atoms with Gasteiger partial charge >= 0.3 is 0 Å². The van der Waals surface area contributed by atoms with Crippen molar-refractivity contribution in [3.8, 4) is 11.4 Å². The van der Waals surface area contributed by atoms with E-state index in [1.807, 2.05) is 24.3 Å². The first kappa shape index (κ1) is 13.5. The predicted molar refractivity (Wildman–Crippen MR) is 73.6 cm³/mol. The lowest BCUT2D eigenvalue weighted by Gasteiger charge is -2.14. The van der Waals surface area contributed by atoms with Crippen molar-refractivity contribution in [3.05, 3.63) is 30.1 Å². The SMILES string of the molecule is CC(C)COc1ccccc1-n1nnnc1C(C)C. The Morgan fingerprint density at radius 3 is 2.58 bits per heavy atom. The highest BCUT2D eigenvalue weighted by atomic mass is 16.5. The normalized spacial score (nSPS) is 11.3. The molecule has 0 bridgehead atoms. The summed E-state index contributed by atoms with van der Waals surface area (Å²) in [6.45, 7) is 9.06. The van der Waals surface area contributed by atoms with Crippen LogP contribution in [-0.2, 0) is 0 Å². The summed E-state index contributed by atoms with van der Waals surface area (Å²) in [5, 5.41) is 11.9. The molecule has 5 nitrogen and oxygen atoms in total. The fourth-order valence-electron chi connectivity index (χ4n) is 1.74. The lowest BCUT2D eigenvalue weighted by Crippen LogP contribution is -2.10. The third-order valence-corrected chi connectivity index (χ3v) is 2.68. The summed E-state index contributed by atoms with van der Waals surface area (Å²) in [6.07, 6.45) is 0. The molecule has 19 heavy (non-hydrogen) atoms. The fourth-order valence-corrected chi connectivity index (χ4v) is 1.74. The number of nitrogens with zero attached hydrogens (tertiary/aromatic N) is 4. The minimum Gasteiger partial charge on any atom is -0.491 e. The Bertz CT molecular complexity index is 534. The van der Waals surface area contributed by atoms with Crippen molar-refractivity contribution in [3.63, 3.8) is 0 Å². The van der Waals surface area contributed by atoms with Gasteiger partial charge in [-0.25, -0.2) is 0 Å². The molecule has 1 aromatic carbocycles. The Balaban J connectivity index is 2.36. The highest BCUT2D eigenvalue weighted by molar-refractivity contribution is 5.46. The quantitative estimate of drug-likeness (QED) is 0.829. The van der Waals surface area contributed by atoms with Crippen molar-refractivity contribution in [1.82, 2.24) is 20.2 Å². The number of para-hydroxylation sites is 2. The van der Waals surface area contributed by atoms with Crippen LogP contribution >= 0.6 is 0 Å². The van der Waals surface area contributed by atoms with Crippen molar-refractivity contribution in [2.24, 2.45) is 5.92 Å². The van der Waals surface area contributed by atoms with Crippen molar-refractivity contribution in [1.29, 1.82) is 0 Å². The fraction of sp³-hybridized carbons (Fsp3) is 0.500. The van der Waals surface area contributed by atoms with E-state index in [1.54, 1.807) is 4.68 Å². The number of aromatic nitrogens is 4. The van der Waals surface area contributed by atoms with Crippen LogP contribution < -0.4 is 4.74 Å². The molecule has 0 saturated carbocycles. The average molecular weight is 260 g/mol. The molecule has 2 aromatic rings. The molecule has 0 aliphatic rings. The Labute approximate surface area is 113 Å². The first-order valence-electron chi connectivity index (χ1n) is 6.60. The molecule has 102 valence electrons. The molecule has 0 aliphatic heterocycles. The summed E-state index contributed by atoms with van der Waals surface area (Å²) < 4.78 is 7.59. The molecule has 5 heteroatoms. The minimum absolute atomic E-state index is 0.258. The van der Waals surface area contributed by atoms with E-state index in [0.717, 1.165) is 17.3 Å². The van der Waals surface area contributed by atoms with Crippen LogP contribution in [0, 0.1) is 5.92 Å². The van der Waals surface area contributed by atoms with Crippen LogP contribution in [-0.4, -0.2) is 26.8 Å². The maximum atomic E-state index is 5.84. The topological polar surface area (TPSA) is 52.8 Å². The van der Waals surface area contributed by atoms with Gasteiger partial charge in [0.15, 0.2) is 5.82 Å². The third kappa shape index (κ3) is 3.10. The molecule has 0 unspecified atom stereocenters. The number of hydrogen-bond donors (Lipinski definition) is 0. The molecular weight excluding hydrogens is 240 g/mol. The monoisotopic (exact) mass is 260 g/mol. The predicted octanol–water partition coefficient (Wildman–Crippen LogP) is 2.82. The number of rotatable bonds is 5. The second-order valence-corrected chi connectivity index (χ2v) is 5.28. The van der Waals surface area contributed by atoms with Gasteiger partial charge in [-0.15, -0.1) is 5.10 Å². The summed E-state index contributed by atoms with van der Waals surface area (Å²) in [7, 11) is 0. The van der Waals surface area contributed by atoms with Crippen LogP contribution in [0.2, 0.25) is 0 Å². The molecule has 0 amide bonds. The van der Waals surface area contributed by atoms with Crippen LogP contribution in [0.1, 0.15) is 39.4 Å². The third-order valence-electron chi connectivity index (χ3n) is 2.68. The van der Waals surface area contributed by atoms with E-state index in [-0.39, 0.29) is 5.92 Å². The standard InChI is InChI=1S/C14H20N4O/c1-10(2)9-19-13-8-6-5-7-12(13)18-14(11(3)4)15-16-17-18/h5-8,10-11H,9H2,1-4H3. The van der Waals surface area contributed by atoms with Crippen molar-refractivity contribution in [2.75, 3.05) is 6.61 Å². The Kier molecular flexibility index (Phi) is 4.14. The van der Waals surface area contributed by atoms with Crippen LogP contribution in [0.15, 0.2) is 24.3 Å². The second-order valence-electron chi connectivity index (χ2n) is 5.28. The van der Waals surface area contributed by atoms with Gasteiger partial charge in [-0.1, -0.05) is 39.8 Å². The van der Waals surface area contributed by atoms with E-state index in [2.05, 4.69) is 43.2 Å². The van der Waals surface area contributed by atoms with E-state index < -0.39 is 0 Å². The molecule has 0 N–H and O–H groups in total. The zero-order valence-electron chi connectivity index (χ0n) is 11.9. The molecule has 0 radical (unpaired) electrons. The highest BCUT2D eigenvalue weighted by Gasteiger charge is 2.15.